The fourth-order valence-corrected chi connectivity index (χ4v) is 17.2. The van der Waals surface area contributed by atoms with Gasteiger partial charge in [-0.25, -0.2) is 14.4 Å². The van der Waals surface area contributed by atoms with Crippen molar-refractivity contribution in [2.24, 2.45) is 0 Å². The van der Waals surface area contributed by atoms with Gasteiger partial charge < -0.3 is 70.1 Å². The summed E-state index contributed by atoms with van der Waals surface area (Å²) in [5, 5.41) is 35.3. The minimum Gasteiger partial charge on any atom is -0.870 e. The summed E-state index contributed by atoms with van der Waals surface area (Å²) in [5.74, 6) is -3.99. The number of ether oxygens (including phenoxy) is 3. The molecule has 9 aromatic rings. The second-order valence-corrected chi connectivity index (χ2v) is 30.3. The monoisotopic (exact) mass is 1610 g/mol. The zero-order chi connectivity index (χ0) is 80.6. The van der Waals surface area contributed by atoms with Gasteiger partial charge in [-0.15, -0.1) is 12.4 Å². The first-order valence-electron chi connectivity index (χ1n) is 40.4. The maximum Gasteiger partial charge on any atom is 1.00 e. The van der Waals surface area contributed by atoms with Gasteiger partial charge in [0.25, 0.3) is 0 Å². The molecule has 7 heterocycles. The number of aliphatic hydroxyl groups is 2. The number of nitrogens with zero attached hydrogens (tertiary/aromatic N) is 5. The number of aliphatic carboxylic acids is 1. The van der Waals surface area contributed by atoms with Gasteiger partial charge in [-0.3, -0.25) is 19.2 Å². The SMILES string of the molecule is COC(=O)[C@@H]1C[C@@H](N2CCCCc3ccccc32)CN1C(=O)C(c1ccccc1)c1ccccc1.COC(=O)[C@@H]1C[C@H](O)CN1.COC(=O)[C@@H]1C[C@H](O)CN1C(=O)C(c1ccccc1)c1ccccc1.Cl.O=C(O)[C@@H]1C[C@@H](N2CCCCc3ccccc32)CN1C(=O)C(c1ccccc1)c1ccccc1.[Li+].[OH-].c1ccc2c(c1)CCCCN2. The van der Waals surface area contributed by atoms with Crippen LogP contribution < -0.4 is 39.3 Å². The Morgan fingerprint density at radius 1 is 0.381 bits per heavy atom. The first-order chi connectivity index (χ1) is 56.1. The maximum atomic E-state index is 14.2. The number of esters is 3. The second kappa shape index (κ2) is 45.4. The summed E-state index contributed by atoms with van der Waals surface area (Å²) < 4.78 is 14.5. The van der Waals surface area contributed by atoms with E-state index in [1.807, 2.05) is 188 Å². The number of halogens is 1. The van der Waals surface area contributed by atoms with Crippen LogP contribution in [0.25, 0.3) is 0 Å². The van der Waals surface area contributed by atoms with E-state index in [1.54, 1.807) is 9.80 Å². The number of carbonyl (C=O) groups is 7. The minimum atomic E-state index is -0.932. The van der Waals surface area contributed by atoms with Gasteiger partial charge in [-0.1, -0.05) is 237 Å². The third-order valence-corrected chi connectivity index (χ3v) is 22.9. The number of rotatable bonds is 15. The summed E-state index contributed by atoms with van der Waals surface area (Å²) in [5.41, 5.74) is 13.2. The number of aryl methyl sites for hydroxylation is 3. The molecule has 0 radical (unpaired) electrons. The average molecular weight is 1620 g/mol. The summed E-state index contributed by atoms with van der Waals surface area (Å²) in [4.78, 5) is 99.3. The van der Waals surface area contributed by atoms with E-state index in [2.05, 4.69) is 91.9 Å². The van der Waals surface area contributed by atoms with Crippen LogP contribution in [0, 0.1) is 0 Å². The summed E-state index contributed by atoms with van der Waals surface area (Å²) in [6.07, 6.45) is 10.9. The van der Waals surface area contributed by atoms with Crippen molar-refractivity contribution in [3.05, 3.63) is 305 Å². The van der Waals surface area contributed by atoms with Crippen molar-refractivity contribution >= 4 is 71.1 Å². The molecule has 0 unspecified atom stereocenters. The summed E-state index contributed by atoms with van der Waals surface area (Å²) >= 11 is 0. The third kappa shape index (κ3) is 23.0. The number of benzene rings is 9. The molecular weight excluding hydrogens is 1510 g/mol. The van der Waals surface area contributed by atoms with E-state index in [-0.39, 0.29) is 97.5 Å². The molecule has 16 rings (SSSR count). The number of β-amino-alcohol motifs (C(OH)–C–C–N with tert-alkyl or cyclic N) is 2. The molecule has 0 aliphatic carbocycles. The molecule has 7 aliphatic heterocycles. The van der Waals surface area contributed by atoms with Gasteiger partial charge in [-0.05, 0) is 126 Å². The van der Waals surface area contributed by atoms with Crippen LogP contribution in [0.3, 0.4) is 0 Å². The van der Waals surface area contributed by atoms with Gasteiger partial charge in [0.1, 0.15) is 24.2 Å². The van der Waals surface area contributed by atoms with Crippen LogP contribution >= 0.6 is 12.4 Å². The number of nitrogens with one attached hydrogen (secondary N) is 2. The predicted octanol–water partition coefficient (Wildman–Crippen LogP) is 10.0. The van der Waals surface area contributed by atoms with E-state index >= 15 is 0 Å². The predicted molar refractivity (Wildman–Crippen MR) is 455 cm³/mol. The van der Waals surface area contributed by atoms with E-state index < -0.39 is 60.0 Å². The number of hydrogen-bond acceptors (Lipinski definition) is 17. The van der Waals surface area contributed by atoms with Gasteiger partial charge in [0.15, 0.2) is 0 Å². The van der Waals surface area contributed by atoms with E-state index in [0.29, 0.717) is 38.9 Å². The van der Waals surface area contributed by atoms with Gasteiger partial charge >= 0.3 is 42.7 Å². The summed E-state index contributed by atoms with van der Waals surface area (Å²) in [6.45, 7) is 4.49. The second-order valence-electron chi connectivity index (χ2n) is 30.3. The van der Waals surface area contributed by atoms with E-state index in [1.165, 1.54) is 79.2 Å². The molecule has 616 valence electrons. The summed E-state index contributed by atoms with van der Waals surface area (Å²) in [6, 6.07) is 81.1. The first kappa shape index (κ1) is 91.3. The van der Waals surface area contributed by atoms with Crippen LogP contribution in [-0.4, -0.2) is 193 Å². The number of amides is 3. The van der Waals surface area contributed by atoms with Crippen molar-refractivity contribution < 1.29 is 87.4 Å². The van der Waals surface area contributed by atoms with Crippen molar-refractivity contribution in [1.82, 2.24) is 20.0 Å². The normalized spacial score (nSPS) is 20.2. The van der Waals surface area contributed by atoms with Crippen molar-refractivity contribution in [3.8, 4) is 0 Å². The Kier molecular flexibility index (Phi) is 35.1. The molecule has 0 saturated carbocycles. The molecule has 9 aromatic carbocycles. The first-order valence-corrected chi connectivity index (χ1v) is 40.4. The van der Waals surface area contributed by atoms with E-state index in [4.69, 9.17) is 14.6 Å². The fourth-order valence-electron chi connectivity index (χ4n) is 17.2. The number of anilines is 3. The number of aliphatic hydroxyl groups excluding tert-OH is 2. The summed E-state index contributed by atoms with van der Waals surface area (Å²) in [7, 11) is 4.04. The van der Waals surface area contributed by atoms with Crippen molar-refractivity contribution in [3.63, 3.8) is 0 Å². The number of carboxylic acids is 1. The Morgan fingerprint density at radius 3 is 1.09 bits per heavy atom. The molecule has 4 saturated heterocycles. The van der Waals surface area contributed by atoms with E-state index in [0.717, 1.165) is 91.5 Å². The minimum absolute atomic E-state index is 0. The molecule has 3 amide bonds. The Labute approximate surface area is 711 Å². The molecular formula is C95H109ClLiN7O14. The number of hydrogen-bond donors (Lipinski definition) is 5. The zero-order valence-corrected chi connectivity index (χ0v) is 68.6. The van der Waals surface area contributed by atoms with Crippen molar-refractivity contribution in [2.45, 2.75) is 150 Å². The fraction of sp³-hybridized carbons (Fsp3) is 0.358. The molecule has 0 bridgehead atoms. The molecule has 4 fully saturated rings. The standard InChI is InChI=1S/C30H32N2O3.C29H30N2O3.C20H21NO4.C10H13N.C6H11NO3.ClH.Li.H2O/c1-35-30(34)27-20-25(31-19-11-10-13-22-12-8-9-18-26(22)31)21-32(27)29(33)28(23-14-4-2-5-15-23)24-16-6-3-7-17-24;32-28(27(22-13-3-1-4-14-22)23-15-5-2-6-16-23)31-20-24(19-26(31)29(33)34)30-18-10-9-12-21-11-7-8-17-25(21)30;1-25-20(24)17-12-16(22)13-21(17)19(23)18(14-8-4-2-5-9-14)15-10-6-3-7-11-15;1-2-7-10-9(5-1)6-3-4-8-11-10;1-10-6(9)5-2-4(8)3-7-5;;;/h2-9,12,14-18,25,27-28H,10-11,13,19-21H2,1H3;1-8,11,13-17,24,26-27H,9-10,12,18-20H2,(H,33,34);2-11,16-18,22H,12-13H2,1H3;1-2,5,7,11H,3-4,6,8H2;4-5,7-8H,2-3H2,1H3;1H;;1H2/q;;;;;;+1;/p-1/t25-,27+;24-,26+;16-,17-;;4-,5-;;;/m110.0.../s1. The van der Waals surface area contributed by atoms with Gasteiger partial charge in [0.05, 0.1) is 51.3 Å². The van der Waals surface area contributed by atoms with Crippen LogP contribution in [0.5, 0.6) is 0 Å². The third-order valence-electron chi connectivity index (χ3n) is 22.9. The van der Waals surface area contributed by atoms with E-state index in [9.17, 15) is 43.8 Å². The van der Waals surface area contributed by atoms with Crippen LogP contribution in [0.15, 0.2) is 255 Å². The molecule has 8 atom stereocenters. The zero-order valence-electron chi connectivity index (χ0n) is 67.8. The van der Waals surface area contributed by atoms with Crippen molar-refractivity contribution in [2.75, 3.05) is 82.3 Å². The molecule has 0 aromatic heterocycles. The van der Waals surface area contributed by atoms with Gasteiger partial charge in [0, 0.05) is 101 Å². The smallest absolute Gasteiger partial charge is 0.870 e. The average Bonchev–Trinajstić information content (AvgIpc) is 1.63. The molecule has 118 heavy (non-hydrogen) atoms. The molecule has 23 heteroatoms. The molecule has 7 aliphatic rings. The van der Waals surface area contributed by atoms with Gasteiger partial charge in [-0.2, -0.15) is 0 Å². The van der Waals surface area contributed by atoms with Crippen LogP contribution in [0.2, 0.25) is 0 Å². The number of likely N-dealkylation sites (tertiary alicyclic amines) is 3. The van der Waals surface area contributed by atoms with Crippen LogP contribution in [0.1, 0.15) is 132 Å². The molecule has 21 nitrogen and oxygen atoms in total. The Balaban J connectivity index is 0.000000179. The van der Waals surface area contributed by atoms with Crippen LogP contribution in [-0.2, 0) is 67.0 Å². The number of carboxylic acid groups (broad SMARTS) is 1. The quantitative estimate of drug-likeness (QED) is 0.0362. The maximum absolute atomic E-state index is 14.2. The number of fused-ring (bicyclic) bond motifs is 3. The molecule has 0 spiro atoms. The molecule has 6 N–H and O–H groups in total. The topological polar surface area (TPSA) is 278 Å². The number of methoxy groups -OCH3 is 3. The number of carbonyl (C=O) groups excluding carboxylic acids is 6. The Morgan fingerprint density at radius 2 is 0.712 bits per heavy atom. The van der Waals surface area contributed by atoms with Crippen molar-refractivity contribution in [1.29, 1.82) is 0 Å². The van der Waals surface area contributed by atoms with Gasteiger partial charge in [0.2, 0.25) is 17.7 Å². The Hall–Kier alpha value is -10.6. The Bertz CT molecular complexity index is 4520. The largest absolute Gasteiger partial charge is 1.00 e. The van der Waals surface area contributed by atoms with Crippen LogP contribution in [0.4, 0.5) is 17.1 Å². The number of para-hydroxylation sites is 3.